The number of aliphatic hydroxyl groups is 2. The first kappa shape index (κ1) is 28.6. The Morgan fingerprint density at radius 2 is 1.13 bits per heavy atom. The Morgan fingerprint density at radius 3 is 1.43 bits per heavy atom. The highest BCUT2D eigenvalue weighted by molar-refractivity contribution is 5.81. The minimum atomic E-state index is -2.32. The zero-order valence-corrected chi connectivity index (χ0v) is 19.8. The van der Waals surface area contributed by atoms with Crippen LogP contribution < -0.4 is 5.73 Å². The van der Waals surface area contributed by atoms with Crippen LogP contribution in [0, 0.1) is 13.8 Å². The van der Waals surface area contributed by atoms with Crippen LogP contribution in [0.5, 0.6) is 0 Å². The van der Waals surface area contributed by atoms with Crippen molar-refractivity contribution in [3.8, 4) is 0 Å². The third-order valence-corrected chi connectivity index (χ3v) is 5.45. The molecule has 0 aromatic heterocycles. The van der Waals surface area contributed by atoms with Crippen molar-refractivity contribution in [1.82, 2.24) is 0 Å². The topological polar surface area (TPSA) is 83.6 Å². The molecule has 0 aliphatic carbocycles. The Labute approximate surface area is 185 Å². The lowest BCUT2D eigenvalue weighted by Crippen LogP contribution is -2.43. The first-order valence-electron chi connectivity index (χ1n) is 12.1. The van der Waals surface area contributed by atoms with Gasteiger partial charge in [-0.05, 0) is 20.3 Å². The lowest BCUT2D eigenvalue weighted by atomic mass is 10.0. The number of unbranched alkanes of at least 4 members (excludes halogenated alkanes) is 13. The average molecular weight is 422 g/mol. The number of rotatable bonds is 16. The van der Waals surface area contributed by atoms with Gasteiger partial charge < -0.3 is 15.9 Å². The Morgan fingerprint density at radius 1 is 0.767 bits per heavy atom. The van der Waals surface area contributed by atoms with E-state index in [2.05, 4.69) is 45.0 Å². The SMILES string of the molecule is CCCCCCCCCCCCCCCCC(O)(O)C(N)=O.Cc1cccc(C)c1. The summed E-state index contributed by atoms with van der Waals surface area (Å²) in [6.07, 6.45) is 17.4. The molecule has 1 aromatic rings. The van der Waals surface area contributed by atoms with E-state index in [-0.39, 0.29) is 6.42 Å². The fraction of sp³-hybridized carbons (Fsp3) is 0.731. The van der Waals surface area contributed by atoms with E-state index in [1.54, 1.807) is 0 Å². The molecular weight excluding hydrogens is 374 g/mol. The Hall–Kier alpha value is -1.39. The molecule has 4 nitrogen and oxygen atoms in total. The summed E-state index contributed by atoms with van der Waals surface area (Å²) in [5, 5.41) is 18.5. The summed E-state index contributed by atoms with van der Waals surface area (Å²) in [7, 11) is 0. The van der Waals surface area contributed by atoms with Gasteiger partial charge >= 0.3 is 0 Å². The van der Waals surface area contributed by atoms with Crippen molar-refractivity contribution >= 4 is 5.91 Å². The number of hydrogen-bond donors (Lipinski definition) is 3. The number of carbonyl (C=O) groups excluding carboxylic acids is 1. The van der Waals surface area contributed by atoms with Crippen molar-refractivity contribution in [2.45, 2.75) is 123 Å². The fourth-order valence-electron chi connectivity index (χ4n) is 3.50. The molecule has 4 heteroatoms. The summed E-state index contributed by atoms with van der Waals surface area (Å²) >= 11 is 0. The van der Waals surface area contributed by atoms with Gasteiger partial charge in [0.15, 0.2) is 0 Å². The van der Waals surface area contributed by atoms with Crippen LogP contribution in [0.25, 0.3) is 0 Å². The van der Waals surface area contributed by atoms with Gasteiger partial charge in [-0.3, -0.25) is 4.79 Å². The van der Waals surface area contributed by atoms with Crippen LogP contribution >= 0.6 is 0 Å². The second-order valence-electron chi connectivity index (χ2n) is 8.69. The second kappa shape index (κ2) is 18.4. The van der Waals surface area contributed by atoms with Crippen LogP contribution in [0.4, 0.5) is 0 Å². The van der Waals surface area contributed by atoms with Crippen molar-refractivity contribution in [2.24, 2.45) is 5.73 Å². The molecule has 0 spiro atoms. The van der Waals surface area contributed by atoms with Crippen molar-refractivity contribution in [3.63, 3.8) is 0 Å². The van der Waals surface area contributed by atoms with E-state index in [0.717, 1.165) is 12.8 Å². The maximum absolute atomic E-state index is 10.7. The summed E-state index contributed by atoms with van der Waals surface area (Å²) in [5.41, 5.74) is 7.56. The molecule has 4 N–H and O–H groups in total. The normalized spacial score (nSPS) is 11.1. The molecule has 0 saturated heterocycles. The largest absolute Gasteiger partial charge is 0.365 e. The van der Waals surface area contributed by atoms with Gasteiger partial charge in [-0.1, -0.05) is 126 Å². The van der Waals surface area contributed by atoms with E-state index >= 15 is 0 Å². The molecular formula is C26H47NO3. The van der Waals surface area contributed by atoms with E-state index in [0.29, 0.717) is 6.42 Å². The second-order valence-corrected chi connectivity index (χ2v) is 8.69. The monoisotopic (exact) mass is 421 g/mol. The smallest absolute Gasteiger partial charge is 0.277 e. The van der Waals surface area contributed by atoms with Gasteiger partial charge in [0.1, 0.15) is 0 Å². The third-order valence-electron chi connectivity index (χ3n) is 5.45. The summed E-state index contributed by atoms with van der Waals surface area (Å²) < 4.78 is 0. The molecule has 0 radical (unpaired) electrons. The number of primary amides is 1. The van der Waals surface area contributed by atoms with Crippen LogP contribution in [-0.4, -0.2) is 21.9 Å². The maximum Gasteiger partial charge on any atom is 0.277 e. The van der Waals surface area contributed by atoms with E-state index < -0.39 is 11.7 Å². The Bertz CT molecular complexity index is 526. The molecule has 0 fully saturated rings. The van der Waals surface area contributed by atoms with Gasteiger partial charge in [0.05, 0.1) is 0 Å². The van der Waals surface area contributed by atoms with Crippen molar-refractivity contribution in [3.05, 3.63) is 35.4 Å². The predicted octanol–water partition coefficient (Wildman–Crippen LogP) is 6.33. The number of amides is 1. The standard InChI is InChI=1S/C18H37NO3.C8H10/c1-2-3-4-5-6-7-8-9-10-11-12-13-14-15-16-18(21,22)17(19)20;1-7-4-3-5-8(2)6-7/h21-22H,2-16H2,1H3,(H2,19,20);3-6H,1-2H3. The van der Waals surface area contributed by atoms with Gasteiger partial charge in [-0.25, -0.2) is 0 Å². The molecule has 0 heterocycles. The summed E-state index contributed by atoms with van der Waals surface area (Å²) in [6.45, 7) is 6.46. The van der Waals surface area contributed by atoms with Gasteiger partial charge in [-0.15, -0.1) is 0 Å². The van der Waals surface area contributed by atoms with E-state index in [1.165, 1.54) is 81.8 Å². The molecule has 0 aliphatic rings. The molecule has 0 atom stereocenters. The highest BCUT2D eigenvalue weighted by Gasteiger charge is 2.29. The van der Waals surface area contributed by atoms with Gasteiger partial charge in [0, 0.05) is 6.42 Å². The van der Waals surface area contributed by atoms with Crippen molar-refractivity contribution in [1.29, 1.82) is 0 Å². The molecule has 0 bridgehead atoms. The minimum absolute atomic E-state index is 0.0420. The fourth-order valence-corrected chi connectivity index (χ4v) is 3.50. The third kappa shape index (κ3) is 17.5. The molecule has 1 aromatic carbocycles. The average Bonchev–Trinajstić information content (AvgIpc) is 2.68. The van der Waals surface area contributed by atoms with Gasteiger partial charge in [0.2, 0.25) is 5.79 Å². The van der Waals surface area contributed by atoms with Crippen LogP contribution in [0.2, 0.25) is 0 Å². The van der Waals surface area contributed by atoms with E-state index in [9.17, 15) is 15.0 Å². The number of aryl methyl sites for hydroxylation is 2. The summed E-state index contributed by atoms with van der Waals surface area (Å²) in [6, 6.07) is 8.45. The number of nitrogens with two attached hydrogens (primary N) is 1. The molecule has 174 valence electrons. The highest BCUT2D eigenvalue weighted by atomic mass is 16.5. The van der Waals surface area contributed by atoms with Crippen molar-refractivity contribution < 1.29 is 15.0 Å². The maximum atomic E-state index is 10.7. The minimum Gasteiger partial charge on any atom is -0.365 e. The number of carbonyl (C=O) groups is 1. The summed E-state index contributed by atoms with van der Waals surface area (Å²) in [5.74, 6) is -3.38. The summed E-state index contributed by atoms with van der Waals surface area (Å²) in [4.78, 5) is 10.7. The van der Waals surface area contributed by atoms with Crippen LogP contribution in [0.1, 0.15) is 114 Å². The zero-order chi connectivity index (χ0) is 22.7. The van der Waals surface area contributed by atoms with Crippen LogP contribution in [0.3, 0.4) is 0 Å². The zero-order valence-electron chi connectivity index (χ0n) is 19.8. The molecule has 1 rings (SSSR count). The first-order valence-corrected chi connectivity index (χ1v) is 12.1. The predicted molar refractivity (Wildman–Crippen MR) is 127 cm³/mol. The van der Waals surface area contributed by atoms with Gasteiger partial charge in [-0.2, -0.15) is 0 Å². The molecule has 30 heavy (non-hydrogen) atoms. The molecule has 0 saturated carbocycles. The highest BCUT2D eigenvalue weighted by Crippen LogP contribution is 2.15. The molecule has 0 unspecified atom stereocenters. The van der Waals surface area contributed by atoms with E-state index in [1.807, 2.05) is 0 Å². The van der Waals surface area contributed by atoms with Gasteiger partial charge in [0.25, 0.3) is 5.91 Å². The first-order chi connectivity index (χ1) is 14.3. The van der Waals surface area contributed by atoms with E-state index in [4.69, 9.17) is 5.73 Å². The number of benzene rings is 1. The molecule has 1 amide bonds. The van der Waals surface area contributed by atoms with Crippen molar-refractivity contribution in [2.75, 3.05) is 0 Å². The Kier molecular flexibility index (Phi) is 17.5. The van der Waals surface area contributed by atoms with Crippen LogP contribution in [-0.2, 0) is 4.79 Å². The lowest BCUT2D eigenvalue weighted by Gasteiger charge is -2.16. The van der Waals surface area contributed by atoms with Crippen LogP contribution in [0.15, 0.2) is 24.3 Å². The quantitative estimate of drug-likeness (QED) is 0.215. The number of hydrogen-bond acceptors (Lipinski definition) is 3. The lowest BCUT2D eigenvalue weighted by molar-refractivity contribution is -0.184. The Balaban J connectivity index is 0.000000867. The molecule has 0 aliphatic heterocycles.